The molecule has 4 aromatic rings. The number of hydrogen-bond acceptors (Lipinski definition) is 7. The number of nitrogen functional groups attached to an aromatic ring is 1. The number of aromatic nitrogens is 4. The fourth-order valence-electron chi connectivity index (χ4n) is 5.26. The number of nitrogens with one attached hydrogen (secondary N) is 1. The predicted molar refractivity (Wildman–Crippen MR) is 145 cm³/mol. The number of pyridine rings is 1. The maximum Gasteiger partial charge on any atom is 0.416 e. The first-order valence-corrected chi connectivity index (χ1v) is 13.2. The van der Waals surface area contributed by atoms with Crippen LogP contribution in [0.4, 0.5) is 24.8 Å². The first-order valence-electron chi connectivity index (χ1n) is 13.2. The number of piperidine rings is 1. The number of amides is 2. The molecule has 1 atom stereocenters. The van der Waals surface area contributed by atoms with E-state index in [0.29, 0.717) is 42.7 Å². The molecule has 1 saturated carbocycles. The van der Waals surface area contributed by atoms with E-state index in [0.717, 1.165) is 37.0 Å². The van der Waals surface area contributed by atoms with Crippen LogP contribution in [0, 0.1) is 0 Å². The molecule has 4 heterocycles. The van der Waals surface area contributed by atoms with Gasteiger partial charge < -0.3 is 21.7 Å². The summed E-state index contributed by atoms with van der Waals surface area (Å²) in [6, 6.07) is 8.09. The topological polar surface area (TPSA) is 145 Å². The van der Waals surface area contributed by atoms with E-state index in [1.54, 1.807) is 36.7 Å². The number of carbonyl (C=O) groups is 2. The van der Waals surface area contributed by atoms with Crippen LogP contribution >= 0.6 is 0 Å². The number of fused-ring (bicyclic) bond motifs is 1. The van der Waals surface area contributed by atoms with Crippen LogP contribution in [-0.4, -0.2) is 54.7 Å². The summed E-state index contributed by atoms with van der Waals surface area (Å²) >= 11 is 0. The van der Waals surface area contributed by atoms with Crippen molar-refractivity contribution in [3.05, 3.63) is 71.9 Å². The largest absolute Gasteiger partial charge is 0.416 e. The lowest BCUT2D eigenvalue weighted by atomic mass is 9.96. The number of hydrogen-bond donors (Lipinski definition) is 3. The number of halogens is 3. The van der Waals surface area contributed by atoms with Gasteiger partial charge in [-0.25, -0.2) is 15.0 Å². The Kier molecular flexibility index (Phi) is 6.40. The van der Waals surface area contributed by atoms with Gasteiger partial charge in [0.1, 0.15) is 28.7 Å². The van der Waals surface area contributed by atoms with Crippen molar-refractivity contribution >= 4 is 29.0 Å². The minimum atomic E-state index is -4.55. The van der Waals surface area contributed by atoms with Crippen LogP contribution in [0.3, 0.4) is 0 Å². The molecule has 2 fully saturated rings. The van der Waals surface area contributed by atoms with Crippen molar-refractivity contribution in [2.75, 3.05) is 24.1 Å². The molecule has 2 aliphatic rings. The number of alkyl halides is 3. The Balaban J connectivity index is 1.27. The minimum Gasteiger partial charge on any atom is -0.382 e. The average molecular weight is 565 g/mol. The van der Waals surface area contributed by atoms with Crippen molar-refractivity contribution < 1.29 is 22.8 Å². The van der Waals surface area contributed by atoms with Gasteiger partial charge in [-0.1, -0.05) is 12.1 Å². The molecule has 0 unspecified atom stereocenters. The summed E-state index contributed by atoms with van der Waals surface area (Å²) < 4.78 is 40.9. The summed E-state index contributed by atoms with van der Waals surface area (Å²) in [6.07, 6.45) is 2.88. The molecule has 5 N–H and O–H groups in total. The number of nitrogens with two attached hydrogens (primary N) is 2. The fourth-order valence-corrected chi connectivity index (χ4v) is 5.26. The van der Waals surface area contributed by atoms with Gasteiger partial charge in [0.05, 0.1) is 11.1 Å². The molecule has 1 saturated heterocycles. The molecule has 212 valence electrons. The molecule has 0 bridgehead atoms. The number of likely N-dealkylation sites (tertiary alicyclic amines) is 1. The van der Waals surface area contributed by atoms with Crippen molar-refractivity contribution in [3.8, 4) is 11.3 Å². The van der Waals surface area contributed by atoms with Gasteiger partial charge in [-0.2, -0.15) is 13.2 Å². The Labute approximate surface area is 232 Å². The molecular formula is C28H27F3N8O2. The summed E-state index contributed by atoms with van der Waals surface area (Å²) in [5.74, 6) is 0.156. The van der Waals surface area contributed by atoms with Crippen LogP contribution < -0.4 is 16.8 Å². The highest BCUT2D eigenvalue weighted by molar-refractivity contribution is 6.04. The first-order chi connectivity index (χ1) is 19.5. The lowest BCUT2D eigenvalue weighted by Crippen LogP contribution is -2.49. The second-order valence-corrected chi connectivity index (χ2v) is 10.6. The summed E-state index contributed by atoms with van der Waals surface area (Å²) in [4.78, 5) is 40.5. The maximum absolute atomic E-state index is 13.0. The zero-order chi connectivity index (χ0) is 28.9. The Hall–Kier alpha value is -4.52. The number of imidazole rings is 1. The van der Waals surface area contributed by atoms with Gasteiger partial charge in [0.25, 0.3) is 5.91 Å². The monoisotopic (exact) mass is 564 g/mol. The third-order valence-electron chi connectivity index (χ3n) is 7.65. The number of rotatable bonds is 5. The molecule has 0 radical (unpaired) electrons. The van der Waals surface area contributed by atoms with Gasteiger partial charge in [0.15, 0.2) is 0 Å². The van der Waals surface area contributed by atoms with Crippen molar-refractivity contribution in [1.82, 2.24) is 24.3 Å². The van der Waals surface area contributed by atoms with E-state index in [1.807, 2.05) is 9.30 Å². The quantitative estimate of drug-likeness (QED) is 0.334. The Bertz CT molecular complexity index is 1650. The first kappa shape index (κ1) is 26.7. The number of benzene rings is 1. The molecule has 0 spiro atoms. The van der Waals surface area contributed by atoms with Crippen molar-refractivity contribution in [2.24, 2.45) is 5.73 Å². The predicted octanol–water partition coefficient (Wildman–Crippen LogP) is 3.84. The molecule has 2 amide bonds. The third kappa shape index (κ3) is 5.08. The highest BCUT2D eigenvalue weighted by atomic mass is 19.4. The van der Waals surface area contributed by atoms with Crippen molar-refractivity contribution in [3.63, 3.8) is 0 Å². The lowest BCUT2D eigenvalue weighted by Gasteiger charge is -2.33. The van der Waals surface area contributed by atoms with Crippen LogP contribution in [0.25, 0.3) is 16.8 Å². The average Bonchev–Trinajstić information content (AvgIpc) is 3.59. The van der Waals surface area contributed by atoms with Gasteiger partial charge in [0.2, 0.25) is 5.91 Å². The van der Waals surface area contributed by atoms with Crippen LogP contribution in [-0.2, 0) is 11.0 Å². The van der Waals surface area contributed by atoms with Gasteiger partial charge in [-0.15, -0.1) is 0 Å². The van der Waals surface area contributed by atoms with Crippen LogP contribution in [0.2, 0.25) is 0 Å². The maximum atomic E-state index is 13.0. The minimum absolute atomic E-state index is 0.0151. The van der Waals surface area contributed by atoms with E-state index >= 15 is 0 Å². The second kappa shape index (κ2) is 9.84. The van der Waals surface area contributed by atoms with Crippen LogP contribution in [0.5, 0.6) is 0 Å². The molecule has 1 aliphatic heterocycles. The van der Waals surface area contributed by atoms with Crippen LogP contribution in [0.15, 0.2) is 55.0 Å². The van der Waals surface area contributed by atoms with E-state index in [4.69, 9.17) is 16.5 Å². The number of nitrogens with zero attached hydrogens (tertiary/aromatic N) is 5. The summed E-state index contributed by atoms with van der Waals surface area (Å²) in [7, 11) is 0. The van der Waals surface area contributed by atoms with E-state index in [9.17, 15) is 22.8 Å². The molecule has 13 heteroatoms. The van der Waals surface area contributed by atoms with Crippen LogP contribution in [0.1, 0.15) is 53.3 Å². The molecule has 10 nitrogen and oxygen atoms in total. The molecule has 3 aromatic heterocycles. The zero-order valence-electron chi connectivity index (χ0n) is 21.9. The Morgan fingerprint density at radius 1 is 1.07 bits per heavy atom. The number of anilines is 2. The normalized spacial score (nSPS) is 18.3. The molecular weight excluding hydrogens is 537 g/mol. The van der Waals surface area contributed by atoms with Gasteiger partial charge in [-0.05, 0) is 49.9 Å². The summed E-state index contributed by atoms with van der Waals surface area (Å²) in [5, 5.41) is 2.40. The molecule has 1 aliphatic carbocycles. The summed E-state index contributed by atoms with van der Waals surface area (Å²) in [6.45, 7) is 1.16. The van der Waals surface area contributed by atoms with Gasteiger partial charge >= 0.3 is 6.18 Å². The standard InChI is InChI=1S/C28H27F3N8O2/c29-28(30,31)19-7-10-34-20(14-19)36-25(40)17-5-3-16(4-6-17)21-22-23(32)35-11-13-39(22)24(37-21)18-2-1-12-38(15-18)26(41)27(33)8-9-27/h3-7,10-11,13-14,18H,1-2,8-9,12,15,33H2,(H2,32,35)(H,34,36,40)/t18-/m1/s1. The second-order valence-electron chi connectivity index (χ2n) is 10.6. The zero-order valence-corrected chi connectivity index (χ0v) is 21.9. The fraction of sp³-hybridized carbons (Fsp3) is 0.321. The van der Waals surface area contributed by atoms with E-state index in [2.05, 4.69) is 15.3 Å². The van der Waals surface area contributed by atoms with E-state index in [1.165, 1.54) is 0 Å². The van der Waals surface area contributed by atoms with Crippen molar-refractivity contribution in [1.29, 1.82) is 0 Å². The SMILES string of the molecule is Nc1nccn2c([C@@H]3CCCN(C(=O)C4(N)CC4)C3)nc(-c3ccc(C(=O)Nc4cc(C(F)(F)F)ccn4)cc3)c12. The molecule has 1 aromatic carbocycles. The number of carbonyl (C=O) groups excluding carboxylic acids is 2. The van der Waals surface area contributed by atoms with E-state index < -0.39 is 23.2 Å². The third-order valence-corrected chi connectivity index (χ3v) is 7.65. The lowest BCUT2D eigenvalue weighted by molar-refractivity contribution is -0.137. The summed E-state index contributed by atoms with van der Waals surface area (Å²) in [5.41, 5.74) is 12.9. The highest BCUT2D eigenvalue weighted by Crippen LogP contribution is 2.38. The highest BCUT2D eigenvalue weighted by Gasteiger charge is 2.49. The van der Waals surface area contributed by atoms with Gasteiger partial charge in [-0.3, -0.25) is 14.0 Å². The Morgan fingerprint density at radius 2 is 1.83 bits per heavy atom. The molecule has 41 heavy (non-hydrogen) atoms. The Morgan fingerprint density at radius 3 is 2.54 bits per heavy atom. The van der Waals surface area contributed by atoms with E-state index in [-0.39, 0.29) is 29.0 Å². The molecule has 6 rings (SSSR count). The van der Waals surface area contributed by atoms with Gasteiger partial charge in [0, 0.05) is 48.7 Å². The smallest absolute Gasteiger partial charge is 0.382 e. The van der Waals surface area contributed by atoms with Crippen molar-refractivity contribution in [2.45, 2.75) is 43.3 Å².